The van der Waals surface area contributed by atoms with Gasteiger partial charge in [-0.3, -0.25) is 4.79 Å². The van der Waals surface area contributed by atoms with E-state index in [1.54, 1.807) is 0 Å². The lowest BCUT2D eigenvalue weighted by molar-refractivity contribution is -0.192. The molecule has 0 aliphatic carbocycles. The topological polar surface area (TPSA) is 86.6 Å². The predicted octanol–water partition coefficient (Wildman–Crippen LogP) is 0.0662. The molecular formula is C6H8F3NO4. The fraction of sp³-hybridized carbons (Fsp3) is 0.667. The van der Waals surface area contributed by atoms with Crippen LogP contribution in [0.2, 0.25) is 0 Å². The molecule has 0 aromatic carbocycles. The summed E-state index contributed by atoms with van der Waals surface area (Å²) in [5.41, 5.74) is 0. The third-order valence-corrected chi connectivity index (χ3v) is 1.36. The van der Waals surface area contributed by atoms with E-state index in [4.69, 9.17) is 15.0 Å². The standard InChI is InChI=1S/C4H7NO2.C2HF3O2/c6-4(7)3-1-2-5-3;3-2(4,5)1(6)7/h3,5H,1-2H2,(H,6,7);(H,6,7)/t3-;/m0./s1. The number of hydrogen-bond acceptors (Lipinski definition) is 3. The fourth-order valence-corrected chi connectivity index (χ4v) is 0.499. The third-order valence-electron chi connectivity index (χ3n) is 1.36. The van der Waals surface area contributed by atoms with Gasteiger partial charge < -0.3 is 15.5 Å². The van der Waals surface area contributed by atoms with Crippen LogP contribution in [0.5, 0.6) is 0 Å². The summed E-state index contributed by atoms with van der Waals surface area (Å²) in [4.78, 5) is 18.8. The molecule has 0 bridgehead atoms. The Morgan fingerprint density at radius 1 is 1.29 bits per heavy atom. The Morgan fingerprint density at radius 3 is 1.64 bits per heavy atom. The lowest BCUT2D eigenvalue weighted by Crippen LogP contribution is -2.48. The van der Waals surface area contributed by atoms with Crippen molar-refractivity contribution in [1.29, 1.82) is 0 Å². The summed E-state index contributed by atoms with van der Waals surface area (Å²) in [6.45, 7) is 0.858. The molecule has 8 heteroatoms. The normalized spacial score (nSPS) is 20.1. The van der Waals surface area contributed by atoms with Crippen LogP contribution in [0.1, 0.15) is 6.42 Å². The van der Waals surface area contributed by atoms with Gasteiger partial charge in [-0.1, -0.05) is 0 Å². The molecule has 14 heavy (non-hydrogen) atoms. The number of carboxylic acids is 2. The first-order valence-electron chi connectivity index (χ1n) is 3.51. The first-order chi connectivity index (χ1) is 6.25. The summed E-state index contributed by atoms with van der Waals surface area (Å²) in [6, 6.07) is -0.250. The van der Waals surface area contributed by atoms with Gasteiger partial charge in [0, 0.05) is 0 Å². The van der Waals surface area contributed by atoms with Crippen molar-refractivity contribution >= 4 is 11.9 Å². The molecule has 5 nitrogen and oxygen atoms in total. The minimum absolute atomic E-state index is 0.250. The van der Waals surface area contributed by atoms with Gasteiger partial charge in [-0.15, -0.1) is 0 Å². The van der Waals surface area contributed by atoms with Crippen LogP contribution in [0, 0.1) is 0 Å². The van der Waals surface area contributed by atoms with E-state index < -0.39 is 18.1 Å². The lowest BCUT2D eigenvalue weighted by Gasteiger charge is -2.22. The van der Waals surface area contributed by atoms with Crippen LogP contribution in [-0.2, 0) is 9.59 Å². The molecule has 1 aliphatic heterocycles. The Bertz CT molecular complexity index is 224. The highest BCUT2D eigenvalue weighted by Gasteiger charge is 2.38. The molecule has 1 saturated heterocycles. The average Bonchev–Trinajstić information content (AvgIpc) is 1.79. The molecule has 0 amide bonds. The molecule has 1 aliphatic rings. The van der Waals surface area contributed by atoms with Crippen LogP contribution in [0.15, 0.2) is 0 Å². The van der Waals surface area contributed by atoms with E-state index in [1.165, 1.54) is 0 Å². The summed E-state index contributed by atoms with van der Waals surface area (Å²) < 4.78 is 31.7. The molecule has 0 unspecified atom stereocenters. The highest BCUT2D eigenvalue weighted by molar-refractivity contribution is 5.74. The predicted molar refractivity (Wildman–Crippen MR) is 37.7 cm³/mol. The van der Waals surface area contributed by atoms with E-state index in [-0.39, 0.29) is 6.04 Å². The van der Waals surface area contributed by atoms with Crippen molar-refractivity contribution in [2.24, 2.45) is 0 Å². The van der Waals surface area contributed by atoms with Crippen molar-refractivity contribution < 1.29 is 33.0 Å². The lowest BCUT2D eigenvalue weighted by atomic mass is 10.1. The number of hydrogen-bond donors (Lipinski definition) is 3. The molecule has 3 N–H and O–H groups in total. The van der Waals surface area contributed by atoms with Gasteiger partial charge in [0.2, 0.25) is 0 Å². The van der Waals surface area contributed by atoms with E-state index in [1.807, 2.05) is 0 Å². The van der Waals surface area contributed by atoms with Gasteiger partial charge in [0.1, 0.15) is 6.04 Å². The van der Waals surface area contributed by atoms with Gasteiger partial charge in [0.15, 0.2) is 0 Å². The first kappa shape index (κ1) is 12.7. The maximum Gasteiger partial charge on any atom is 0.490 e. The van der Waals surface area contributed by atoms with Gasteiger partial charge in [0.05, 0.1) is 0 Å². The van der Waals surface area contributed by atoms with Gasteiger partial charge in [-0.2, -0.15) is 13.2 Å². The highest BCUT2D eigenvalue weighted by Crippen LogP contribution is 2.13. The number of carboxylic acid groups (broad SMARTS) is 2. The first-order valence-corrected chi connectivity index (χ1v) is 3.51. The second-order valence-electron chi connectivity index (χ2n) is 2.44. The minimum atomic E-state index is -5.08. The zero-order valence-corrected chi connectivity index (χ0v) is 6.84. The number of aliphatic carboxylic acids is 2. The molecule has 1 atom stereocenters. The van der Waals surface area contributed by atoms with Crippen molar-refractivity contribution in [3.05, 3.63) is 0 Å². The van der Waals surface area contributed by atoms with Crippen LogP contribution >= 0.6 is 0 Å². The Hall–Kier alpha value is -1.31. The second-order valence-corrected chi connectivity index (χ2v) is 2.44. The van der Waals surface area contributed by atoms with Crippen molar-refractivity contribution in [2.75, 3.05) is 6.54 Å². The van der Waals surface area contributed by atoms with Crippen LogP contribution in [0.3, 0.4) is 0 Å². The van der Waals surface area contributed by atoms with Gasteiger partial charge in [-0.05, 0) is 13.0 Å². The summed E-state index contributed by atoms with van der Waals surface area (Å²) in [6.07, 6.45) is -4.30. The van der Waals surface area contributed by atoms with Crippen LogP contribution in [0.4, 0.5) is 13.2 Å². The quantitative estimate of drug-likeness (QED) is 0.576. The summed E-state index contributed by atoms with van der Waals surface area (Å²) in [5.74, 6) is -3.49. The molecule has 0 radical (unpaired) electrons. The van der Waals surface area contributed by atoms with E-state index in [0.717, 1.165) is 13.0 Å². The molecule has 0 saturated carbocycles. The van der Waals surface area contributed by atoms with Crippen LogP contribution in [-0.4, -0.2) is 40.9 Å². The van der Waals surface area contributed by atoms with Crippen molar-refractivity contribution in [2.45, 2.75) is 18.6 Å². The SMILES string of the molecule is O=C(O)C(F)(F)F.O=C(O)[C@@H]1CCN1. The Morgan fingerprint density at radius 2 is 1.64 bits per heavy atom. The maximum atomic E-state index is 10.6. The zero-order valence-electron chi connectivity index (χ0n) is 6.84. The van der Waals surface area contributed by atoms with Gasteiger partial charge in [0.25, 0.3) is 0 Å². The molecule has 1 rings (SSSR count). The minimum Gasteiger partial charge on any atom is -0.480 e. The largest absolute Gasteiger partial charge is 0.490 e. The third kappa shape index (κ3) is 4.65. The number of halogens is 3. The second kappa shape index (κ2) is 4.80. The fourth-order valence-electron chi connectivity index (χ4n) is 0.499. The monoisotopic (exact) mass is 215 g/mol. The molecular weight excluding hydrogens is 207 g/mol. The van der Waals surface area contributed by atoms with E-state index in [9.17, 15) is 18.0 Å². The van der Waals surface area contributed by atoms with E-state index in [2.05, 4.69) is 5.32 Å². The Kier molecular flexibility index (Phi) is 4.35. The van der Waals surface area contributed by atoms with E-state index >= 15 is 0 Å². The summed E-state index contributed by atoms with van der Waals surface area (Å²) in [5, 5.41) is 18.0. The maximum absolute atomic E-state index is 10.6. The molecule has 1 fully saturated rings. The molecule has 0 spiro atoms. The van der Waals surface area contributed by atoms with Crippen molar-refractivity contribution in [3.63, 3.8) is 0 Å². The summed E-state index contributed by atoms with van der Waals surface area (Å²) in [7, 11) is 0. The number of nitrogens with one attached hydrogen (secondary N) is 1. The zero-order chi connectivity index (χ0) is 11.4. The van der Waals surface area contributed by atoms with E-state index in [0.29, 0.717) is 0 Å². The number of alkyl halides is 3. The number of carbonyl (C=O) groups is 2. The average molecular weight is 215 g/mol. The summed E-state index contributed by atoms with van der Waals surface area (Å²) >= 11 is 0. The van der Waals surface area contributed by atoms with Crippen LogP contribution in [0.25, 0.3) is 0 Å². The van der Waals surface area contributed by atoms with Crippen LogP contribution < -0.4 is 5.32 Å². The van der Waals surface area contributed by atoms with Crippen molar-refractivity contribution in [1.82, 2.24) is 5.32 Å². The molecule has 0 aromatic heterocycles. The molecule has 82 valence electrons. The van der Waals surface area contributed by atoms with Gasteiger partial charge in [-0.25, -0.2) is 4.79 Å². The molecule has 1 heterocycles. The molecule has 0 aromatic rings. The smallest absolute Gasteiger partial charge is 0.480 e. The van der Waals surface area contributed by atoms with Gasteiger partial charge >= 0.3 is 18.1 Å². The Balaban J connectivity index is 0.000000241. The highest BCUT2D eigenvalue weighted by atomic mass is 19.4. The van der Waals surface area contributed by atoms with Crippen molar-refractivity contribution in [3.8, 4) is 0 Å². The number of rotatable bonds is 1. The Labute approximate surface area is 76.5 Å².